The molecule has 0 aromatic heterocycles. The summed E-state index contributed by atoms with van der Waals surface area (Å²) in [4.78, 5) is 35.9. The van der Waals surface area contributed by atoms with Gasteiger partial charge in [0.25, 0.3) is 0 Å². The number of nitrogens with zero attached hydrogens (tertiary/aromatic N) is 5. The van der Waals surface area contributed by atoms with Crippen molar-refractivity contribution in [2.24, 2.45) is 17.8 Å². The van der Waals surface area contributed by atoms with Gasteiger partial charge in [-0.2, -0.15) is 0 Å². The lowest BCUT2D eigenvalue weighted by atomic mass is 9.57. The van der Waals surface area contributed by atoms with E-state index < -0.39 is 21.8 Å². The molecule has 14 heteroatoms. The minimum atomic E-state index is -3.90. The average molecular weight is 858 g/mol. The Bertz CT molecular complexity index is 2120. The fourth-order valence-corrected chi connectivity index (χ4v) is 11.9. The Labute approximate surface area is 361 Å². The van der Waals surface area contributed by atoms with Crippen molar-refractivity contribution in [1.82, 2.24) is 20.0 Å². The first-order chi connectivity index (χ1) is 29.2. The van der Waals surface area contributed by atoms with Gasteiger partial charge in [-0.3, -0.25) is 4.79 Å². The lowest BCUT2D eigenvalue weighted by Gasteiger charge is -2.54. The van der Waals surface area contributed by atoms with Gasteiger partial charge < -0.3 is 40.2 Å². The van der Waals surface area contributed by atoms with Crippen LogP contribution in [0.5, 0.6) is 0 Å². The first-order valence-corrected chi connectivity index (χ1v) is 23.5. The Morgan fingerprint density at radius 1 is 0.902 bits per heavy atom. The zero-order valence-electron chi connectivity index (χ0n) is 36.1. The molecule has 4 aliphatic rings. The molecule has 3 atom stereocenters. The minimum Gasteiger partial charge on any atom is -0.465 e. The number of benzene rings is 3. The quantitative estimate of drug-likeness (QED) is 0.124. The number of hydrogen-bond acceptors (Lipinski definition) is 9. The lowest BCUT2D eigenvalue weighted by Crippen LogP contribution is -2.60. The predicted octanol–water partition coefficient (Wildman–Crippen LogP) is 6.40. The van der Waals surface area contributed by atoms with Gasteiger partial charge in [0.1, 0.15) is 5.82 Å². The molecular weight excluding hydrogens is 794 g/mol. The van der Waals surface area contributed by atoms with Gasteiger partial charge in [0.05, 0.1) is 9.79 Å². The molecule has 3 saturated heterocycles. The largest absolute Gasteiger partial charge is 0.465 e. The first-order valence-electron chi connectivity index (χ1n) is 22.0. The maximum Gasteiger partial charge on any atom is 0.404 e. The summed E-state index contributed by atoms with van der Waals surface area (Å²) in [6.45, 7) is 12.7. The molecule has 1 saturated carbocycles. The van der Waals surface area contributed by atoms with Crippen LogP contribution in [-0.4, -0.2) is 133 Å². The molecule has 0 radical (unpaired) electrons. The number of carbonyl (C=O) groups excluding carboxylic acids is 1. The van der Waals surface area contributed by atoms with Gasteiger partial charge in [0.15, 0.2) is 0 Å². The van der Waals surface area contributed by atoms with Crippen LogP contribution in [0.4, 0.5) is 26.2 Å². The molecule has 0 unspecified atom stereocenters. The molecule has 4 fully saturated rings. The summed E-state index contributed by atoms with van der Waals surface area (Å²) in [6.07, 6.45) is 6.88. The normalized spacial score (nSPS) is 21.4. The Kier molecular flexibility index (Phi) is 14.1. The van der Waals surface area contributed by atoms with Crippen molar-refractivity contribution < 1.29 is 27.5 Å². The number of rotatable bonds is 18. The van der Waals surface area contributed by atoms with Crippen LogP contribution in [0.2, 0.25) is 0 Å². The van der Waals surface area contributed by atoms with Crippen LogP contribution in [-0.2, 0) is 20.0 Å². The van der Waals surface area contributed by atoms with E-state index in [0.717, 1.165) is 121 Å². The molecule has 0 bridgehead atoms. The van der Waals surface area contributed by atoms with E-state index in [1.165, 1.54) is 12.1 Å². The van der Waals surface area contributed by atoms with Gasteiger partial charge in [-0.1, -0.05) is 25.1 Å². The van der Waals surface area contributed by atoms with Crippen molar-refractivity contribution in [3.8, 4) is 0 Å². The molecule has 0 spiro atoms. The van der Waals surface area contributed by atoms with Crippen LogP contribution in [0.1, 0.15) is 50.5 Å². The zero-order valence-corrected chi connectivity index (χ0v) is 36.9. The second-order valence-corrected chi connectivity index (χ2v) is 20.1. The minimum absolute atomic E-state index is 0.0986. The number of carbonyl (C=O) groups is 2. The first kappa shape index (κ1) is 44.6. The van der Waals surface area contributed by atoms with Crippen LogP contribution in [0.15, 0.2) is 89.2 Å². The summed E-state index contributed by atoms with van der Waals surface area (Å²) in [5.41, 5.74) is 2.74. The van der Waals surface area contributed by atoms with Gasteiger partial charge in [0.2, 0.25) is 15.7 Å². The summed E-state index contributed by atoms with van der Waals surface area (Å²) >= 11 is 0. The number of sulfone groups is 1. The average Bonchev–Trinajstić information content (AvgIpc) is 3.66. The summed E-state index contributed by atoms with van der Waals surface area (Å²) in [5.74, 6) is 0.229. The fraction of sp³-hybridized carbons (Fsp3) is 0.532. The molecule has 61 heavy (non-hydrogen) atoms. The van der Waals surface area contributed by atoms with E-state index in [9.17, 15) is 23.1 Å². The third kappa shape index (κ3) is 10.2. The Morgan fingerprint density at radius 3 is 2.28 bits per heavy atom. The SMILES string of the molecule is C=CC(=O)Nc1cc(N(C)CCCN(C)C)cc(S(=O)(=O)c2ccc(N3CC(CN4CCC([C@@](CN5CCC5)(c5cccc(F)c5)[C@H]5CCC[C@@H]5NC(=O)O)CC4)C3)cc2)c1. The summed E-state index contributed by atoms with van der Waals surface area (Å²) in [5, 5.41) is 15.4. The number of anilines is 3. The van der Waals surface area contributed by atoms with Crippen molar-refractivity contribution >= 4 is 38.9 Å². The van der Waals surface area contributed by atoms with Gasteiger partial charge in [-0.25, -0.2) is 17.6 Å². The highest BCUT2D eigenvalue weighted by atomic mass is 32.2. The molecule has 12 nitrogen and oxygen atoms in total. The van der Waals surface area contributed by atoms with E-state index in [4.69, 9.17) is 0 Å². The van der Waals surface area contributed by atoms with Crippen LogP contribution in [0.25, 0.3) is 0 Å². The molecule has 7 rings (SSSR count). The maximum absolute atomic E-state index is 15.0. The third-order valence-corrected chi connectivity index (χ3v) is 15.5. The number of halogens is 1. The highest BCUT2D eigenvalue weighted by Crippen LogP contribution is 2.51. The Morgan fingerprint density at radius 2 is 1.64 bits per heavy atom. The van der Waals surface area contributed by atoms with Crippen molar-refractivity contribution in [3.63, 3.8) is 0 Å². The second-order valence-electron chi connectivity index (χ2n) is 18.1. The van der Waals surface area contributed by atoms with Crippen LogP contribution in [0, 0.1) is 23.6 Å². The lowest BCUT2D eigenvalue weighted by molar-refractivity contribution is -0.111. The summed E-state index contributed by atoms with van der Waals surface area (Å²) in [7, 11) is 2.05. The van der Waals surface area contributed by atoms with Crippen molar-refractivity contribution in [2.45, 2.75) is 66.2 Å². The Hall–Kier alpha value is -4.50. The van der Waals surface area contributed by atoms with Gasteiger partial charge in [-0.05, 0) is 163 Å². The summed E-state index contributed by atoms with van der Waals surface area (Å²) in [6, 6.07) is 19.0. The monoisotopic (exact) mass is 857 g/mol. The molecule has 3 aliphatic heterocycles. The highest BCUT2D eigenvalue weighted by molar-refractivity contribution is 7.91. The summed E-state index contributed by atoms with van der Waals surface area (Å²) < 4.78 is 43.0. The van der Waals surface area contributed by atoms with Crippen LogP contribution < -0.4 is 20.4 Å². The predicted molar refractivity (Wildman–Crippen MR) is 240 cm³/mol. The molecular formula is C47H64FN7O5S. The molecule has 3 aromatic carbocycles. The topological polar surface area (TPSA) is 129 Å². The highest BCUT2D eigenvalue weighted by Gasteiger charge is 2.53. The number of nitrogens with one attached hydrogen (secondary N) is 2. The smallest absolute Gasteiger partial charge is 0.404 e. The molecule has 3 aromatic rings. The molecule has 1 aliphatic carbocycles. The van der Waals surface area contributed by atoms with Crippen molar-refractivity contribution in [1.29, 1.82) is 0 Å². The number of likely N-dealkylation sites (tertiary alicyclic amines) is 2. The second kappa shape index (κ2) is 19.3. The number of carboxylic acid groups (broad SMARTS) is 1. The molecule has 3 heterocycles. The van der Waals surface area contributed by atoms with Crippen LogP contribution in [0.3, 0.4) is 0 Å². The van der Waals surface area contributed by atoms with E-state index in [2.05, 4.69) is 42.9 Å². The van der Waals surface area contributed by atoms with E-state index in [-0.39, 0.29) is 33.0 Å². The van der Waals surface area contributed by atoms with Gasteiger partial charge in [0, 0.05) is 74.2 Å². The standard InChI is InChI=1S/C47H64FN7O5S/c1-5-45(56)49-38-27-40(52(4)21-8-20-51(2)3)29-42(28-38)61(59,60)41-16-14-39(15-17-41)55-31-34(32-55)30-53-24-18-35(19-25-53)47(33-54-22-9-23-54,36-10-6-11-37(48)26-36)43-12-7-13-44(43)50-46(57)58/h5-6,10-11,14-17,26-29,34-35,43-44,50H,1,7-9,12-13,18-25,30-33H2,2-4H3,(H,49,56)(H,57,58)/t43-,44-,47-/m0/s1. The van der Waals surface area contributed by atoms with E-state index in [0.29, 0.717) is 29.8 Å². The van der Waals surface area contributed by atoms with E-state index in [1.54, 1.807) is 30.3 Å². The Balaban J connectivity index is 0.991. The maximum atomic E-state index is 15.0. The van der Waals surface area contributed by atoms with Gasteiger partial charge >= 0.3 is 6.09 Å². The number of amides is 2. The van der Waals surface area contributed by atoms with E-state index >= 15 is 4.39 Å². The third-order valence-electron chi connectivity index (χ3n) is 13.8. The number of hydrogen-bond donors (Lipinski definition) is 3. The zero-order chi connectivity index (χ0) is 43.3. The van der Waals surface area contributed by atoms with Crippen LogP contribution >= 0.6 is 0 Å². The van der Waals surface area contributed by atoms with E-state index in [1.807, 2.05) is 44.2 Å². The molecule has 330 valence electrons. The molecule has 3 N–H and O–H groups in total. The molecule has 2 amide bonds. The van der Waals surface area contributed by atoms with Gasteiger partial charge in [-0.15, -0.1) is 0 Å². The fourth-order valence-electron chi connectivity index (χ4n) is 10.5. The number of piperidine rings is 1. The van der Waals surface area contributed by atoms with Crippen molar-refractivity contribution in [3.05, 3.63) is 90.8 Å². The van der Waals surface area contributed by atoms with Crippen molar-refractivity contribution in [2.75, 3.05) is 102 Å².